The van der Waals surface area contributed by atoms with Crippen molar-refractivity contribution in [3.63, 3.8) is 0 Å². The summed E-state index contributed by atoms with van der Waals surface area (Å²) in [4.78, 5) is 2.43. The van der Waals surface area contributed by atoms with Gasteiger partial charge in [-0.15, -0.1) is 0 Å². The Balaban J connectivity index is 2.90. The number of hydrogen-bond acceptors (Lipinski definition) is 2. The molecule has 0 aliphatic rings. The summed E-state index contributed by atoms with van der Waals surface area (Å²) < 4.78 is 0. The van der Waals surface area contributed by atoms with Gasteiger partial charge in [0.2, 0.25) is 0 Å². The molecule has 0 spiro atoms. The zero-order chi connectivity index (χ0) is 12.7. The predicted molar refractivity (Wildman–Crippen MR) is 75.2 cm³/mol. The summed E-state index contributed by atoms with van der Waals surface area (Å²) in [7, 11) is 2.21. The van der Waals surface area contributed by atoms with Crippen LogP contribution in [0.5, 0.6) is 0 Å². The monoisotopic (exact) mass is 234 g/mol. The van der Waals surface area contributed by atoms with Gasteiger partial charge in [0.1, 0.15) is 0 Å². The van der Waals surface area contributed by atoms with Crippen molar-refractivity contribution in [2.45, 2.75) is 39.3 Å². The van der Waals surface area contributed by atoms with Gasteiger partial charge in [0.15, 0.2) is 0 Å². The van der Waals surface area contributed by atoms with Crippen LogP contribution in [-0.4, -0.2) is 31.1 Å². The highest BCUT2D eigenvalue weighted by Gasteiger charge is 2.23. The SMILES string of the molecule is CCNC(c1ccccc1)C(CC)N(C)CC. The van der Waals surface area contributed by atoms with Gasteiger partial charge in [-0.3, -0.25) is 0 Å². The maximum Gasteiger partial charge on any atom is 0.0477 e. The van der Waals surface area contributed by atoms with Gasteiger partial charge in [-0.1, -0.05) is 51.1 Å². The zero-order valence-corrected chi connectivity index (χ0v) is 11.6. The highest BCUT2D eigenvalue weighted by Crippen LogP contribution is 2.22. The van der Waals surface area contributed by atoms with Crippen molar-refractivity contribution in [3.05, 3.63) is 35.9 Å². The Morgan fingerprint density at radius 1 is 1.12 bits per heavy atom. The van der Waals surface area contributed by atoms with E-state index in [0.717, 1.165) is 19.5 Å². The van der Waals surface area contributed by atoms with E-state index in [1.807, 2.05) is 0 Å². The highest BCUT2D eigenvalue weighted by atomic mass is 15.2. The van der Waals surface area contributed by atoms with Crippen molar-refractivity contribution in [2.75, 3.05) is 20.1 Å². The van der Waals surface area contributed by atoms with E-state index in [0.29, 0.717) is 12.1 Å². The Hall–Kier alpha value is -0.860. The van der Waals surface area contributed by atoms with Gasteiger partial charge in [-0.2, -0.15) is 0 Å². The fourth-order valence-corrected chi connectivity index (χ4v) is 2.39. The van der Waals surface area contributed by atoms with Crippen LogP contribution in [-0.2, 0) is 0 Å². The third-order valence-electron chi connectivity index (χ3n) is 3.45. The molecular weight excluding hydrogens is 208 g/mol. The van der Waals surface area contributed by atoms with Gasteiger partial charge >= 0.3 is 0 Å². The molecule has 2 nitrogen and oxygen atoms in total. The van der Waals surface area contributed by atoms with Crippen LogP contribution in [0, 0.1) is 0 Å². The molecule has 0 aromatic heterocycles. The van der Waals surface area contributed by atoms with E-state index in [1.165, 1.54) is 5.56 Å². The molecule has 0 heterocycles. The summed E-state index contributed by atoms with van der Waals surface area (Å²) in [6.07, 6.45) is 1.16. The molecule has 0 saturated carbocycles. The fourth-order valence-electron chi connectivity index (χ4n) is 2.39. The first-order valence-electron chi connectivity index (χ1n) is 6.73. The molecule has 96 valence electrons. The highest BCUT2D eigenvalue weighted by molar-refractivity contribution is 5.20. The number of rotatable bonds is 7. The minimum atomic E-state index is 0.427. The smallest absolute Gasteiger partial charge is 0.0477 e. The Bertz CT molecular complexity index is 297. The lowest BCUT2D eigenvalue weighted by Crippen LogP contribution is -2.42. The average molecular weight is 234 g/mol. The first-order valence-corrected chi connectivity index (χ1v) is 6.73. The lowest BCUT2D eigenvalue weighted by atomic mass is 9.96. The van der Waals surface area contributed by atoms with Crippen LogP contribution in [0.3, 0.4) is 0 Å². The molecule has 0 saturated heterocycles. The molecular formula is C15H26N2. The second kappa shape index (κ2) is 7.46. The molecule has 17 heavy (non-hydrogen) atoms. The maximum absolute atomic E-state index is 3.62. The third-order valence-corrected chi connectivity index (χ3v) is 3.45. The minimum Gasteiger partial charge on any atom is -0.309 e. The van der Waals surface area contributed by atoms with Crippen LogP contribution in [0.4, 0.5) is 0 Å². The fraction of sp³-hybridized carbons (Fsp3) is 0.600. The number of nitrogens with zero attached hydrogens (tertiary/aromatic N) is 1. The van der Waals surface area contributed by atoms with Crippen LogP contribution in [0.2, 0.25) is 0 Å². The van der Waals surface area contributed by atoms with Gasteiger partial charge < -0.3 is 10.2 Å². The number of nitrogens with one attached hydrogen (secondary N) is 1. The molecule has 0 fully saturated rings. The summed E-state index contributed by atoms with van der Waals surface area (Å²) in [6, 6.07) is 11.8. The van der Waals surface area contributed by atoms with Crippen molar-refractivity contribution >= 4 is 0 Å². The maximum atomic E-state index is 3.62. The largest absolute Gasteiger partial charge is 0.309 e. The van der Waals surface area contributed by atoms with Crippen LogP contribution in [0.25, 0.3) is 0 Å². The van der Waals surface area contributed by atoms with Crippen molar-refractivity contribution in [1.82, 2.24) is 10.2 Å². The molecule has 0 amide bonds. The third kappa shape index (κ3) is 3.83. The normalized spacial score (nSPS) is 14.9. The Morgan fingerprint density at radius 3 is 2.24 bits per heavy atom. The van der Waals surface area contributed by atoms with Crippen molar-refractivity contribution in [3.8, 4) is 0 Å². The minimum absolute atomic E-state index is 0.427. The molecule has 0 aliphatic heterocycles. The van der Waals surface area contributed by atoms with E-state index in [1.54, 1.807) is 0 Å². The lowest BCUT2D eigenvalue weighted by Gasteiger charge is -2.34. The first kappa shape index (κ1) is 14.2. The molecule has 2 heteroatoms. The van der Waals surface area contributed by atoms with E-state index in [-0.39, 0.29) is 0 Å². The Kier molecular flexibility index (Phi) is 6.23. The van der Waals surface area contributed by atoms with Crippen LogP contribution in [0.1, 0.15) is 38.8 Å². The molecule has 1 aromatic rings. The molecule has 0 bridgehead atoms. The average Bonchev–Trinajstić information content (AvgIpc) is 2.39. The Labute approximate surface area is 106 Å². The van der Waals surface area contributed by atoms with Gasteiger partial charge in [-0.25, -0.2) is 0 Å². The predicted octanol–water partition coefficient (Wildman–Crippen LogP) is 3.07. The molecule has 2 atom stereocenters. The molecule has 0 radical (unpaired) electrons. The standard InChI is InChI=1S/C15H26N2/c1-5-14(17(4)7-3)15(16-6-2)13-11-9-8-10-12-13/h8-12,14-16H,5-7H2,1-4H3. The molecule has 2 unspecified atom stereocenters. The summed E-state index contributed by atoms with van der Waals surface area (Å²) >= 11 is 0. The quantitative estimate of drug-likeness (QED) is 0.780. The number of benzene rings is 1. The van der Waals surface area contributed by atoms with Crippen molar-refractivity contribution < 1.29 is 0 Å². The molecule has 1 rings (SSSR count). The van der Waals surface area contributed by atoms with Crippen molar-refractivity contribution in [2.24, 2.45) is 0 Å². The topological polar surface area (TPSA) is 15.3 Å². The first-order chi connectivity index (χ1) is 8.24. The van der Waals surface area contributed by atoms with Crippen LogP contribution < -0.4 is 5.32 Å². The second-order valence-electron chi connectivity index (χ2n) is 4.49. The zero-order valence-electron chi connectivity index (χ0n) is 11.6. The van der Waals surface area contributed by atoms with Gasteiger partial charge in [0.05, 0.1) is 0 Å². The van der Waals surface area contributed by atoms with E-state index in [4.69, 9.17) is 0 Å². The summed E-state index contributed by atoms with van der Waals surface area (Å²) in [5.41, 5.74) is 1.39. The number of likely N-dealkylation sites (N-methyl/N-ethyl adjacent to an activating group) is 2. The van der Waals surface area contributed by atoms with E-state index in [2.05, 4.69) is 68.4 Å². The number of hydrogen-bond donors (Lipinski definition) is 1. The van der Waals surface area contributed by atoms with Gasteiger partial charge in [0, 0.05) is 12.1 Å². The summed E-state index contributed by atoms with van der Waals surface area (Å²) in [5.74, 6) is 0. The van der Waals surface area contributed by atoms with E-state index >= 15 is 0 Å². The Morgan fingerprint density at radius 2 is 1.76 bits per heavy atom. The summed E-state index contributed by atoms with van der Waals surface area (Å²) in [5, 5.41) is 3.62. The second-order valence-corrected chi connectivity index (χ2v) is 4.49. The van der Waals surface area contributed by atoms with Crippen LogP contribution in [0.15, 0.2) is 30.3 Å². The summed E-state index contributed by atoms with van der Waals surface area (Å²) in [6.45, 7) is 8.76. The van der Waals surface area contributed by atoms with Gasteiger partial charge in [-0.05, 0) is 32.1 Å². The molecule has 1 aromatic carbocycles. The van der Waals surface area contributed by atoms with E-state index in [9.17, 15) is 0 Å². The van der Waals surface area contributed by atoms with Gasteiger partial charge in [0.25, 0.3) is 0 Å². The molecule has 0 aliphatic carbocycles. The van der Waals surface area contributed by atoms with Crippen LogP contribution >= 0.6 is 0 Å². The lowest BCUT2D eigenvalue weighted by molar-refractivity contribution is 0.195. The van der Waals surface area contributed by atoms with Crippen molar-refractivity contribution in [1.29, 1.82) is 0 Å². The molecule has 1 N–H and O–H groups in total. The van der Waals surface area contributed by atoms with E-state index < -0.39 is 0 Å².